The van der Waals surface area contributed by atoms with E-state index in [4.69, 9.17) is 4.74 Å². The molecule has 0 aliphatic heterocycles. The second-order valence-electron chi connectivity index (χ2n) is 3.32. The number of halogens is 1. The minimum atomic E-state index is -0.256. The number of hydrogen-bond acceptors (Lipinski definition) is 2. The van der Waals surface area contributed by atoms with Gasteiger partial charge in [-0.3, -0.25) is 0 Å². The van der Waals surface area contributed by atoms with Crippen LogP contribution in [0.1, 0.15) is 18.9 Å². The fraction of sp³-hybridized carbons (Fsp3) is 0.455. The SMILES string of the molecule is COc1cccc(CC[C@H](C)O)c1Br. The quantitative estimate of drug-likeness (QED) is 0.900. The molecule has 2 nitrogen and oxygen atoms in total. The van der Waals surface area contributed by atoms with Crippen molar-refractivity contribution in [2.75, 3.05) is 7.11 Å². The summed E-state index contributed by atoms with van der Waals surface area (Å²) in [5, 5.41) is 9.18. The first-order valence-electron chi connectivity index (χ1n) is 4.64. The lowest BCUT2D eigenvalue weighted by atomic mass is 10.1. The molecule has 1 rings (SSSR count). The zero-order chi connectivity index (χ0) is 10.6. The monoisotopic (exact) mass is 258 g/mol. The predicted octanol–water partition coefficient (Wildman–Crippen LogP) is 2.77. The molecule has 0 amide bonds. The van der Waals surface area contributed by atoms with Crippen LogP contribution in [0.5, 0.6) is 5.75 Å². The van der Waals surface area contributed by atoms with Gasteiger partial charge in [-0.15, -0.1) is 0 Å². The van der Waals surface area contributed by atoms with E-state index >= 15 is 0 Å². The number of rotatable bonds is 4. The summed E-state index contributed by atoms with van der Waals surface area (Å²) < 4.78 is 6.17. The smallest absolute Gasteiger partial charge is 0.133 e. The molecule has 78 valence electrons. The van der Waals surface area contributed by atoms with E-state index in [1.54, 1.807) is 14.0 Å². The predicted molar refractivity (Wildman–Crippen MR) is 60.7 cm³/mol. The van der Waals surface area contributed by atoms with Crippen LogP contribution in [0.4, 0.5) is 0 Å². The molecule has 1 atom stereocenters. The van der Waals surface area contributed by atoms with E-state index in [9.17, 15) is 5.11 Å². The number of hydrogen-bond donors (Lipinski definition) is 1. The molecule has 1 aromatic carbocycles. The van der Waals surface area contributed by atoms with Crippen LogP contribution >= 0.6 is 15.9 Å². The molecule has 1 aromatic rings. The van der Waals surface area contributed by atoms with E-state index in [0.717, 1.165) is 23.1 Å². The molecule has 0 aliphatic rings. The summed E-state index contributed by atoms with van der Waals surface area (Å²) in [5.41, 5.74) is 1.17. The van der Waals surface area contributed by atoms with Crippen molar-refractivity contribution < 1.29 is 9.84 Å². The van der Waals surface area contributed by atoms with Crippen molar-refractivity contribution in [1.82, 2.24) is 0 Å². The van der Waals surface area contributed by atoms with Gasteiger partial charge in [0.05, 0.1) is 17.7 Å². The Bertz CT molecular complexity index is 297. The van der Waals surface area contributed by atoms with Crippen molar-refractivity contribution in [3.63, 3.8) is 0 Å². The lowest BCUT2D eigenvalue weighted by molar-refractivity contribution is 0.185. The Kier molecular flexibility index (Phi) is 4.42. The van der Waals surface area contributed by atoms with Gasteiger partial charge < -0.3 is 9.84 Å². The number of methoxy groups -OCH3 is 1. The Balaban J connectivity index is 2.76. The number of aliphatic hydroxyl groups excluding tert-OH is 1. The molecular formula is C11H15BrO2. The Morgan fingerprint density at radius 2 is 2.21 bits per heavy atom. The molecular weight excluding hydrogens is 244 g/mol. The molecule has 0 saturated heterocycles. The van der Waals surface area contributed by atoms with E-state index in [2.05, 4.69) is 15.9 Å². The summed E-state index contributed by atoms with van der Waals surface area (Å²) in [7, 11) is 1.65. The number of aliphatic hydroxyl groups is 1. The molecule has 0 radical (unpaired) electrons. The molecule has 0 aliphatic carbocycles. The van der Waals surface area contributed by atoms with Crippen LogP contribution in [0.2, 0.25) is 0 Å². The molecule has 0 unspecified atom stereocenters. The van der Waals surface area contributed by atoms with E-state index in [1.165, 1.54) is 5.56 Å². The third-order valence-corrected chi connectivity index (χ3v) is 2.99. The van der Waals surface area contributed by atoms with Crippen LogP contribution in [0, 0.1) is 0 Å². The molecule has 0 aromatic heterocycles. The highest BCUT2D eigenvalue weighted by Crippen LogP contribution is 2.29. The van der Waals surface area contributed by atoms with Crippen LogP contribution in [-0.4, -0.2) is 18.3 Å². The largest absolute Gasteiger partial charge is 0.496 e. The van der Waals surface area contributed by atoms with Gasteiger partial charge in [-0.25, -0.2) is 0 Å². The second-order valence-corrected chi connectivity index (χ2v) is 4.11. The van der Waals surface area contributed by atoms with Crippen LogP contribution in [0.15, 0.2) is 22.7 Å². The van der Waals surface area contributed by atoms with E-state index < -0.39 is 0 Å². The Morgan fingerprint density at radius 3 is 2.79 bits per heavy atom. The molecule has 3 heteroatoms. The van der Waals surface area contributed by atoms with Crippen LogP contribution < -0.4 is 4.74 Å². The van der Waals surface area contributed by atoms with Crippen molar-refractivity contribution in [3.8, 4) is 5.75 Å². The van der Waals surface area contributed by atoms with Crippen molar-refractivity contribution in [1.29, 1.82) is 0 Å². The Morgan fingerprint density at radius 1 is 1.50 bits per heavy atom. The summed E-state index contributed by atoms with van der Waals surface area (Å²) in [6, 6.07) is 5.91. The summed E-state index contributed by atoms with van der Waals surface area (Å²) in [6.07, 6.45) is 1.37. The summed E-state index contributed by atoms with van der Waals surface area (Å²) >= 11 is 3.48. The highest BCUT2D eigenvalue weighted by Gasteiger charge is 2.06. The molecule has 0 fully saturated rings. The van der Waals surface area contributed by atoms with Gasteiger partial charge in [-0.05, 0) is 47.3 Å². The first-order chi connectivity index (χ1) is 6.65. The van der Waals surface area contributed by atoms with E-state index in [1.807, 2.05) is 18.2 Å². The Hall–Kier alpha value is -0.540. The molecule has 0 heterocycles. The van der Waals surface area contributed by atoms with Crippen molar-refractivity contribution in [3.05, 3.63) is 28.2 Å². The van der Waals surface area contributed by atoms with Crippen molar-refractivity contribution in [2.24, 2.45) is 0 Å². The first kappa shape index (κ1) is 11.5. The molecule has 0 spiro atoms. The van der Waals surface area contributed by atoms with Gasteiger partial charge in [0.15, 0.2) is 0 Å². The zero-order valence-corrected chi connectivity index (χ0v) is 10.0. The third kappa shape index (κ3) is 3.00. The van der Waals surface area contributed by atoms with Gasteiger partial charge in [0, 0.05) is 0 Å². The first-order valence-corrected chi connectivity index (χ1v) is 5.44. The highest BCUT2D eigenvalue weighted by molar-refractivity contribution is 9.10. The standard InChI is InChI=1S/C11H15BrO2/c1-8(13)6-7-9-4-3-5-10(14-2)11(9)12/h3-5,8,13H,6-7H2,1-2H3/t8-/m0/s1. The number of ether oxygens (including phenoxy) is 1. The van der Waals surface area contributed by atoms with Gasteiger partial charge in [-0.2, -0.15) is 0 Å². The van der Waals surface area contributed by atoms with Crippen molar-refractivity contribution >= 4 is 15.9 Å². The van der Waals surface area contributed by atoms with Gasteiger partial charge >= 0.3 is 0 Å². The number of aryl methyl sites for hydroxylation is 1. The number of benzene rings is 1. The van der Waals surface area contributed by atoms with E-state index in [-0.39, 0.29) is 6.10 Å². The van der Waals surface area contributed by atoms with Gasteiger partial charge in [0.2, 0.25) is 0 Å². The maximum atomic E-state index is 9.18. The average Bonchev–Trinajstić information content (AvgIpc) is 2.16. The fourth-order valence-electron chi connectivity index (χ4n) is 1.27. The van der Waals surface area contributed by atoms with Crippen LogP contribution in [0.3, 0.4) is 0 Å². The Labute approximate surface area is 93.0 Å². The lowest BCUT2D eigenvalue weighted by Crippen LogP contribution is -2.02. The molecule has 14 heavy (non-hydrogen) atoms. The molecule has 1 N–H and O–H groups in total. The van der Waals surface area contributed by atoms with Crippen LogP contribution in [0.25, 0.3) is 0 Å². The van der Waals surface area contributed by atoms with Crippen molar-refractivity contribution in [2.45, 2.75) is 25.9 Å². The summed E-state index contributed by atoms with van der Waals surface area (Å²) in [4.78, 5) is 0. The van der Waals surface area contributed by atoms with Gasteiger partial charge in [0.1, 0.15) is 5.75 Å². The fourth-order valence-corrected chi connectivity index (χ4v) is 1.90. The maximum Gasteiger partial charge on any atom is 0.133 e. The molecule has 0 bridgehead atoms. The third-order valence-electron chi connectivity index (χ3n) is 2.09. The minimum Gasteiger partial charge on any atom is -0.496 e. The van der Waals surface area contributed by atoms with Gasteiger partial charge in [-0.1, -0.05) is 12.1 Å². The van der Waals surface area contributed by atoms with Gasteiger partial charge in [0.25, 0.3) is 0 Å². The molecule has 0 saturated carbocycles. The highest BCUT2D eigenvalue weighted by atomic mass is 79.9. The lowest BCUT2D eigenvalue weighted by Gasteiger charge is -2.09. The van der Waals surface area contributed by atoms with Crippen LogP contribution in [-0.2, 0) is 6.42 Å². The normalized spacial score (nSPS) is 12.6. The topological polar surface area (TPSA) is 29.5 Å². The average molecular weight is 259 g/mol. The summed E-state index contributed by atoms with van der Waals surface area (Å²) in [5.74, 6) is 0.841. The summed E-state index contributed by atoms with van der Waals surface area (Å²) in [6.45, 7) is 1.80. The zero-order valence-electron chi connectivity index (χ0n) is 8.46. The maximum absolute atomic E-state index is 9.18. The minimum absolute atomic E-state index is 0.256. The second kappa shape index (κ2) is 5.37. The van der Waals surface area contributed by atoms with E-state index in [0.29, 0.717) is 0 Å².